The van der Waals surface area contributed by atoms with Crippen molar-refractivity contribution in [2.24, 2.45) is 0 Å². The molecular formula is C24H23FN4O4. The van der Waals surface area contributed by atoms with Crippen LogP contribution in [0.1, 0.15) is 27.3 Å². The first kappa shape index (κ1) is 23.4. The van der Waals surface area contributed by atoms with E-state index < -0.39 is 18.5 Å². The van der Waals surface area contributed by atoms with Crippen molar-refractivity contribution in [1.82, 2.24) is 15.1 Å². The predicted octanol–water partition coefficient (Wildman–Crippen LogP) is 3.18. The molecule has 0 bridgehead atoms. The summed E-state index contributed by atoms with van der Waals surface area (Å²) in [5, 5.41) is 9.53. The Hall–Kier alpha value is -4.27. The molecule has 2 N–H and O–H groups in total. The van der Waals surface area contributed by atoms with E-state index in [2.05, 4.69) is 15.7 Å². The Morgan fingerprint density at radius 3 is 2.36 bits per heavy atom. The zero-order valence-corrected chi connectivity index (χ0v) is 18.4. The summed E-state index contributed by atoms with van der Waals surface area (Å²) in [6.07, 6.45) is 2.78. The van der Waals surface area contributed by atoms with E-state index in [0.717, 1.165) is 11.3 Å². The van der Waals surface area contributed by atoms with Crippen molar-refractivity contribution >= 4 is 29.5 Å². The molecule has 0 saturated heterocycles. The van der Waals surface area contributed by atoms with Gasteiger partial charge in [0.25, 0.3) is 11.8 Å². The summed E-state index contributed by atoms with van der Waals surface area (Å²) in [5.74, 6) is -1.77. The van der Waals surface area contributed by atoms with Gasteiger partial charge in [-0.15, -0.1) is 0 Å². The van der Waals surface area contributed by atoms with Gasteiger partial charge in [0.2, 0.25) is 0 Å². The van der Waals surface area contributed by atoms with Gasteiger partial charge in [-0.1, -0.05) is 0 Å². The molecule has 2 amide bonds. The number of amides is 2. The highest BCUT2D eigenvalue weighted by Gasteiger charge is 2.12. The third kappa shape index (κ3) is 5.91. The Labute approximate surface area is 190 Å². The number of anilines is 1. The summed E-state index contributed by atoms with van der Waals surface area (Å²) < 4.78 is 19.8. The van der Waals surface area contributed by atoms with E-state index in [0.29, 0.717) is 22.6 Å². The lowest BCUT2D eigenvalue weighted by Crippen LogP contribution is -2.20. The molecule has 0 radical (unpaired) electrons. The molecule has 0 aliphatic carbocycles. The molecule has 0 atom stereocenters. The number of halogens is 1. The maximum atomic E-state index is 13.2. The number of ether oxygens (including phenoxy) is 1. The molecule has 1 heterocycles. The van der Waals surface area contributed by atoms with E-state index in [1.165, 1.54) is 25.3 Å². The van der Waals surface area contributed by atoms with Crippen LogP contribution in [-0.2, 0) is 14.3 Å². The highest BCUT2D eigenvalue weighted by atomic mass is 19.1. The van der Waals surface area contributed by atoms with E-state index in [1.54, 1.807) is 54.1 Å². The van der Waals surface area contributed by atoms with Crippen LogP contribution in [0.2, 0.25) is 0 Å². The average Bonchev–Trinajstić information content (AvgIpc) is 3.10. The van der Waals surface area contributed by atoms with Gasteiger partial charge in [-0.2, -0.15) is 5.10 Å². The molecule has 0 fully saturated rings. The van der Waals surface area contributed by atoms with E-state index >= 15 is 0 Å². The van der Waals surface area contributed by atoms with Crippen LogP contribution in [0.15, 0.2) is 54.6 Å². The topological polar surface area (TPSA) is 102 Å². The number of esters is 1. The monoisotopic (exact) mass is 450 g/mol. The van der Waals surface area contributed by atoms with Crippen molar-refractivity contribution in [3.8, 4) is 5.69 Å². The molecule has 0 saturated carbocycles. The largest absolute Gasteiger partial charge is 0.452 e. The highest BCUT2D eigenvalue weighted by molar-refractivity contribution is 5.96. The number of carbonyl (C=O) groups is 3. The fourth-order valence-corrected chi connectivity index (χ4v) is 3.11. The first-order valence-electron chi connectivity index (χ1n) is 10.1. The third-order valence-corrected chi connectivity index (χ3v) is 4.81. The Kier molecular flexibility index (Phi) is 7.34. The minimum Gasteiger partial charge on any atom is -0.452 e. The van der Waals surface area contributed by atoms with E-state index in [-0.39, 0.29) is 11.7 Å². The number of hydrogen-bond acceptors (Lipinski definition) is 5. The summed E-state index contributed by atoms with van der Waals surface area (Å²) in [6, 6.07) is 12.2. The molecule has 33 heavy (non-hydrogen) atoms. The first-order chi connectivity index (χ1) is 15.8. The molecule has 1 aromatic heterocycles. The third-order valence-electron chi connectivity index (χ3n) is 4.81. The summed E-state index contributed by atoms with van der Waals surface area (Å²) in [5.41, 5.74) is 3.79. The first-order valence-corrected chi connectivity index (χ1v) is 10.1. The zero-order valence-electron chi connectivity index (χ0n) is 18.4. The Bertz CT molecular complexity index is 1200. The normalized spacial score (nSPS) is 10.8. The molecule has 3 aromatic rings. The van der Waals surface area contributed by atoms with Crippen molar-refractivity contribution in [2.75, 3.05) is 19.0 Å². The van der Waals surface area contributed by atoms with Gasteiger partial charge in [0.05, 0.1) is 11.4 Å². The maximum absolute atomic E-state index is 13.2. The lowest BCUT2D eigenvalue weighted by Gasteiger charge is -2.06. The van der Waals surface area contributed by atoms with Gasteiger partial charge >= 0.3 is 5.97 Å². The van der Waals surface area contributed by atoms with Crippen molar-refractivity contribution in [1.29, 1.82) is 0 Å². The van der Waals surface area contributed by atoms with Gasteiger partial charge in [-0.3, -0.25) is 9.59 Å². The second-order valence-electron chi connectivity index (χ2n) is 7.12. The summed E-state index contributed by atoms with van der Waals surface area (Å²) in [4.78, 5) is 35.6. The van der Waals surface area contributed by atoms with Crippen molar-refractivity contribution in [3.63, 3.8) is 0 Å². The average molecular weight is 450 g/mol. The summed E-state index contributed by atoms with van der Waals surface area (Å²) >= 11 is 0. The van der Waals surface area contributed by atoms with E-state index in [4.69, 9.17) is 4.74 Å². The smallest absolute Gasteiger partial charge is 0.331 e. The van der Waals surface area contributed by atoms with Crippen molar-refractivity contribution in [2.45, 2.75) is 13.8 Å². The van der Waals surface area contributed by atoms with Crippen molar-refractivity contribution < 1.29 is 23.5 Å². The predicted molar refractivity (Wildman–Crippen MR) is 121 cm³/mol. The standard InChI is InChI=1S/C24H23FN4O4/c1-15-21(16(2)29(28-15)20-10-6-18(25)7-11-20)12-13-23(31)33-14-22(30)27-19-8-4-17(5-9-19)24(32)26-3/h4-13H,14H2,1-3H3,(H,26,32)(H,27,30)/b13-12+. The Morgan fingerprint density at radius 1 is 1.06 bits per heavy atom. The molecule has 3 rings (SSSR count). The molecule has 2 aromatic carbocycles. The second kappa shape index (κ2) is 10.4. The number of aromatic nitrogens is 2. The SMILES string of the molecule is CNC(=O)c1ccc(NC(=O)COC(=O)/C=C/c2c(C)nn(-c3ccc(F)cc3)c2C)cc1. The van der Waals surface area contributed by atoms with Crippen molar-refractivity contribution in [3.05, 3.63) is 82.9 Å². The van der Waals surface area contributed by atoms with Crippen LogP contribution >= 0.6 is 0 Å². The van der Waals surface area contributed by atoms with E-state index in [9.17, 15) is 18.8 Å². The number of rotatable bonds is 7. The van der Waals surface area contributed by atoms with Gasteiger partial charge in [0, 0.05) is 35.6 Å². The lowest BCUT2D eigenvalue weighted by atomic mass is 10.2. The highest BCUT2D eigenvalue weighted by Crippen LogP contribution is 2.19. The van der Waals surface area contributed by atoms with Crippen LogP contribution in [-0.4, -0.2) is 41.2 Å². The molecular weight excluding hydrogens is 427 g/mol. The number of carbonyl (C=O) groups excluding carboxylic acids is 3. The second-order valence-corrected chi connectivity index (χ2v) is 7.12. The van der Waals surface area contributed by atoms with Gasteiger partial charge in [0.1, 0.15) is 5.82 Å². The molecule has 0 spiro atoms. The minimum atomic E-state index is -0.687. The fraction of sp³-hybridized carbons (Fsp3) is 0.167. The molecule has 8 nitrogen and oxygen atoms in total. The quantitative estimate of drug-likeness (QED) is 0.425. The minimum absolute atomic E-state index is 0.234. The Morgan fingerprint density at radius 2 is 1.73 bits per heavy atom. The number of nitrogens with one attached hydrogen (secondary N) is 2. The Balaban J connectivity index is 1.56. The number of aryl methyl sites for hydroxylation is 1. The van der Waals surface area contributed by atoms with Crippen LogP contribution in [0.3, 0.4) is 0 Å². The summed E-state index contributed by atoms with van der Waals surface area (Å²) in [7, 11) is 1.53. The molecule has 0 unspecified atom stereocenters. The van der Waals surface area contributed by atoms with Crippen LogP contribution in [0.25, 0.3) is 11.8 Å². The number of nitrogens with zero attached hydrogens (tertiary/aromatic N) is 2. The van der Waals surface area contributed by atoms with Crippen LogP contribution in [0.4, 0.5) is 10.1 Å². The van der Waals surface area contributed by atoms with Gasteiger partial charge in [-0.05, 0) is 68.5 Å². The lowest BCUT2D eigenvalue weighted by molar-refractivity contribution is -0.142. The van der Waals surface area contributed by atoms with E-state index in [1.807, 2.05) is 6.92 Å². The summed E-state index contributed by atoms with van der Waals surface area (Å²) in [6.45, 7) is 3.16. The van der Waals surface area contributed by atoms with Crippen LogP contribution in [0.5, 0.6) is 0 Å². The van der Waals surface area contributed by atoms with Gasteiger partial charge in [-0.25, -0.2) is 13.9 Å². The van der Waals surface area contributed by atoms with Gasteiger partial charge in [0.15, 0.2) is 6.61 Å². The van der Waals surface area contributed by atoms with Crippen LogP contribution < -0.4 is 10.6 Å². The number of benzene rings is 2. The maximum Gasteiger partial charge on any atom is 0.331 e. The molecule has 0 aliphatic rings. The molecule has 0 aliphatic heterocycles. The number of hydrogen-bond donors (Lipinski definition) is 2. The zero-order chi connectivity index (χ0) is 24.0. The van der Waals surface area contributed by atoms with Gasteiger partial charge < -0.3 is 15.4 Å². The fourth-order valence-electron chi connectivity index (χ4n) is 3.11. The molecule has 9 heteroatoms. The molecule has 170 valence electrons. The van der Waals surface area contributed by atoms with Crippen LogP contribution in [0, 0.1) is 19.7 Å².